The maximum atomic E-state index is 5.84. The van der Waals surface area contributed by atoms with Crippen LogP contribution in [0.1, 0.15) is 26.3 Å². The highest BCUT2D eigenvalue weighted by molar-refractivity contribution is 5.44. The zero-order chi connectivity index (χ0) is 17.2. The first-order valence-electron chi connectivity index (χ1n) is 8.50. The Morgan fingerprint density at radius 2 is 1.75 bits per heavy atom. The molecule has 0 radical (unpaired) electrons. The summed E-state index contributed by atoms with van der Waals surface area (Å²) in [4.78, 5) is 0. The smallest absolute Gasteiger partial charge is 0.231 e. The summed E-state index contributed by atoms with van der Waals surface area (Å²) < 4.78 is 32.7. The molecule has 136 valence electrons. The standard InChI is InChI=1S/C18H28O6/c1-4-19-7-8-20-9-10-21-15(3)24-14(2)11-16-5-6-17-18(12-16)23-13-22-17/h5-6,12,14-15H,4,7-11,13H2,1-3H3/t14-,15+/m0/s1. The average molecular weight is 340 g/mol. The van der Waals surface area contributed by atoms with Crippen molar-refractivity contribution in [1.82, 2.24) is 0 Å². The van der Waals surface area contributed by atoms with Crippen LogP contribution in [0.15, 0.2) is 18.2 Å². The fourth-order valence-electron chi connectivity index (χ4n) is 2.45. The molecule has 0 unspecified atom stereocenters. The van der Waals surface area contributed by atoms with Crippen molar-refractivity contribution < 1.29 is 28.4 Å². The maximum absolute atomic E-state index is 5.84. The summed E-state index contributed by atoms with van der Waals surface area (Å²) in [5.41, 5.74) is 1.15. The lowest BCUT2D eigenvalue weighted by Gasteiger charge is -2.20. The van der Waals surface area contributed by atoms with Gasteiger partial charge in [0, 0.05) is 6.61 Å². The maximum Gasteiger partial charge on any atom is 0.231 e. The molecule has 1 aliphatic heterocycles. The van der Waals surface area contributed by atoms with Crippen molar-refractivity contribution in [3.63, 3.8) is 0 Å². The highest BCUT2D eigenvalue weighted by atomic mass is 16.7. The lowest BCUT2D eigenvalue weighted by Crippen LogP contribution is -2.23. The summed E-state index contributed by atoms with van der Waals surface area (Å²) >= 11 is 0. The molecule has 1 aromatic rings. The molecule has 0 spiro atoms. The van der Waals surface area contributed by atoms with Gasteiger partial charge in [0.2, 0.25) is 6.79 Å². The third-order valence-corrected chi connectivity index (χ3v) is 3.54. The van der Waals surface area contributed by atoms with Gasteiger partial charge in [0.1, 0.15) is 0 Å². The molecule has 0 aliphatic carbocycles. The van der Waals surface area contributed by atoms with E-state index in [2.05, 4.69) is 0 Å². The molecular weight excluding hydrogens is 312 g/mol. The Labute approximate surface area is 143 Å². The fraction of sp³-hybridized carbons (Fsp3) is 0.667. The first-order valence-corrected chi connectivity index (χ1v) is 8.50. The lowest BCUT2D eigenvalue weighted by atomic mass is 10.1. The lowest BCUT2D eigenvalue weighted by molar-refractivity contribution is -0.162. The van der Waals surface area contributed by atoms with Gasteiger partial charge in [-0.25, -0.2) is 0 Å². The molecule has 6 nitrogen and oxygen atoms in total. The van der Waals surface area contributed by atoms with Crippen LogP contribution >= 0.6 is 0 Å². The first-order chi connectivity index (χ1) is 11.7. The van der Waals surface area contributed by atoms with Crippen molar-refractivity contribution >= 4 is 0 Å². The van der Waals surface area contributed by atoms with Crippen LogP contribution in [0.4, 0.5) is 0 Å². The summed E-state index contributed by atoms with van der Waals surface area (Å²) in [7, 11) is 0. The Morgan fingerprint density at radius 3 is 2.58 bits per heavy atom. The molecule has 1 heterocycles. The minimum Gasteiger partial charge on any atom is -0.454 e. The second kappa shape index (κ2) is 10.5. The van der Waals surface area contributed by atoms with E-state index in [0.717, 1.165) is 23.5 Å². The number of benzene rings is 1. The van der Waals surface area contributed by atoms with E-state index in [1.165, 1.54) is 0 Å². The molecule has 6 heteroatoms. The summed E-state index contributed by atoms with van der Waals surface area (Å²) in [6.07, 6.45) is 0.554. The van der Waals surface area contributed by atoms with Gasteiger partial charge in [0.05, 0.1) is 32.5 Å². The molecule has 1 aliphatic rings. The van der Waals surface area contributed by atoms with Gasteiger partial charge >= 0.3 is 0 Å². The molecule has 24 heavy (non-hydrogen) atoms. The van der Waals surface area contributed by atoms with Crippen molar-refractivity contribution in [2.24, 2.45) is 0 Å². The van der Waals surface area contributed by atoms with Crippen LogP contribution in [0.25, 0.3) is 0 Å². The topological polar surface area (TPSA) is 55.4 Å². The van der Waals surface area contributed by atoms with Gasteiger partial charge in [0.15, 0.2) is 17.8 Å². The molecule has 0 saturated heterocycles. The Balaban J connectivity index is 1.59. The van der Waals surface area contributed by atoms with Crippen LogP contribution in [0.3, 0.4) is 0 Å². The van der Waals surface area contributed by atoms with Crippen molar-refractivity contribution in [1.29, 1.82) is 0 Å². The molecule has 1 aromatic carbocycles. The highest BCUT2D eigenvalue weighted by Gasteiger charge is 2.15. The second-order valence-corrected chi connectivity index (χ2v) is 5.59. The zero-order valence-corrected chi connectivity index (χ0v) is 14.8. The molecule has 0 aromatic heterocycles. The molecule has 0 amide bonds. The van der Waals surface area contributed by atoms with E-state index in [4.69, 9.17) is 28.4 Å². The minimum absolute atomic E-state index is 0.0410. The average Bonchev–Trinajstić information content (AvgIpc) is 3.01. The highest BCUT2D eigenvalue weighted by Crippen LogP contribution is 2.32. The number of fused-ring (bicyclic) bond motifs is 1. The fourth-order valence-corrected chi connectivity index (χ4v) is 2.45. The van der Waals surface area contributed by atoms with Gasteiger partial charge in [0.25, 0.3) is 0 Å². The van der Waals surface area contributed by atoms with E-state index in [0.29, 0.717) is 39.8 Å². The van der Waals surface area contributed by atoms with Gasteiger partial charge in [-0.1, -0.05) is 6.07 Å². The van der Waals surface area contributed by atoms with Gasteiger partial charge in [-0.15, -0.1) is 0 Å². The number of ether oxygens (including phenoxy) is 6. The van der Waals surface area contributed by atoms with Crippen molar-refractivity contribution in [2.45, 2.75) is 39.6 Å². The van der Waals surface area contributed by atoms with Crippen LogP contribution in [-0.4, -0.2) is 52.2 Å². The third kappa shape index (κ3) is 6.65. The predicted molar refractivity (Wildman–Crippen MR) is 89.5 cm³/mol. The number of rotatable bonds is 12. The van der Waals surface area contributed by atoms with E-state index in [1.54, 1.807) is 0 Å². The van der Waals surface area contributed by atoms with E-state index in [9.17, 15) is 0 Å². The Hall–Kier alpha value is -1.34. The normalized spacial score (nSPS) is 15.5. The molecular formula is C18H28O6. The van der Waals surface area contributed by atoms with E-state index >= 15 is 0 Å². The Morgan fingerprint density at radius 1 is 1.00 bits per heavy atom. The molecule has 2 atom stereocenters. The van der Waals surface area contributed by atoms with Crippen molar-refractivity contribution in [2.75, 3.05) is 39.8 Å². The number of hydrogen-bond acceptors (Lipinski definition) is 6. The van der Waals surface area contributed by atoms with Crippen molar-refractivity contribution in [3.8, 4) is 11.5 Å². The summed E-state index contributed by atoms with van der Waals surface area (Å²) in [6.45, 7) is 9.16. The van der Waals surface area contributed by atoms with Crippen LogP contribution in [0, 0.1) is 0 Å². The van der Waals surface area contributed by atoms with Crippen LogP contribution < -0.4 is 9.47 Å². The summed E-state index contributed by atoms with van der Waals surface area (Å²) in [6, 6.07) is 5.97. The van der Waals surface area contributed by atoms with E-state index < -0.39 is 0 Å². The van der Waals surface area contributed by atoms with Crippen molar-refractivity contribution in [3.05, 3.63) is 23.8 Å². The summed E-state index contributed by atoms with van der Waals surface area (Å²) in [5.74, 6) is 1.60. The van der Waals surface area contributed by atoms with Gasteiger partial charge in [-0.3, -0.25) is 0 Å². The minimum atomic E-state index is -0.274. The third-order valence-electron chi connectivity index (χ3n) is 3.54. The van der Waals surface area contributed by atoms with Gasteiger partial charge in [-0.2, -0.15) is 0 Å². The summed E-state index contributed by atoms with van der Waals surface area (Å²) in [5, 5.41) is 0. The first kappa shape index (κ1) is 19.0. The largest absolute Gasteiger partial charge is 0.454 e. The zero-order valence-electron chi connectivity index (χ0n) is 14.8. The predicted octanol–water partition coefficient (Wildman–Crippen LogP) is 2.78. The molecule has 0 saturated carbocycles. The number of hydrogen-bond donors (Lipinski definition) is 0. The second-order valence-electron chi connectivity index (χ2n) is 5.59. The molecule has 0 fully saturated rings. The molecule has 2 rings (SSSR count). The van der Waals surface area contributed by atoms with Gasteiger partial charge in [-0.05, 0) is 44.9 Å². The Bertz CT molecular complexity index is 479. The molecule has 0 bridgehead atoms. The van der Waals surface area contributed by atoms with Crippen LogP contribution in [0.5, 0.6) is 11.5 Å². The van der Waals surface area contributed by atoms with E-state index in [1.807, 2.05) is 39.0 Å². The SMILES string of the molecule is CCOCCOCCO[C@@H](C)O[C@@H](C)Cc1ccc2c(c1)OCO2. The Kier molecular flexibility index (Phi) is 8.32. The van der Waals surface area contributed by atoms with Gasteiger partial charge < -0.3 is 28.4 Å². The van der Waals surface area contributed by atoms with Crippen LogP contribution in [-0.2, 0) is 25.4 Å². The van der Waals surface area contributed by atoms with Crippen LogP contribution in [0.2, 0.25) is 0 Å². The molecule has 0 N–H and O–H groups in total. The van der Waals surface area contributed by atoms with E-state index in [-0.39, 0.29) is 12.4 Å². The monoisotopic (exact) mass is 340 g/mol. The quantitative estimate of drug-likeness (QED) is 0.431.